The molecule has 0 atom stereocenters. The maximum atomic E-state index is 13.0. The van der Waals surface area contributed by atoms with Crippen molar-refractivity contribution in [3.8, 4) is 0 Å². The minimum absolute atomic E-state index is 0.275. The van der Waals surface area contributed by atoms with Crippen LogP contribution in [0.15, 0.2) is 6.07 Å². The number of rotatable bonds is 1. The van der Waals surface area contributed by atoms with E-state index in [9.17, 15) is 13.6 Å². The van der Waals surface area contributed by atoms with Gasteiger partial charge in [0.05, 0.1) is 11.3 Å². The van der Waals surface area contributed by atoms with Crippen LogP contribution in [0.5, 0.6) is 0 Å². The van der Waals surface area contributed by atoms with Gasteiger partial charge in [0.2, 0.25) is 0 Å². The van der Waals surface area contributed by atoms with E-state index in [1.54, 1.807) is 0 Å². The van der Waals surface area contributed by atoms with Crippen molar-refractivity contribution in [2.75, 3.05) is 5.73 Å². The molecule has 70 valence electrons. The summed E-state index contributed by atoms with van der Waals surface area (Å²) in [5.41, 5.74) is 3.76. The van der Waals surface area contributed by atoms with Crippen LogP contribution in [-0.2, 0) is 0 Å². The number of halogens is 2. The van der Waals surface area contributed by atoms with Gasteiger partial charge < -0.3 is 10.8 Å². The monoisotopic (exact) mass is 187 g/mol. The molecule has 0 amide bonds. The summed E-state index contributed by atoms with van der Waals surface area (Å²) in [5, 5.41) is 8.49. The fourth-order valence-electron chi connectivity index (χ4n) is 0.915. The summed E-state index contributed by atoms with van der Waals surface area (Å²) >= 11 is 0. The molecule has 0 radical (unpaired) electrons. The third-order valence-electron chi connectivity index (χ3n) is 1.72. The van der Waals surface area contributed by atoms with Crippen LogP contribution in [0.2, 0.25) is 0 Å². The van der Waals surface area contributed by atoms with Crippen LogP contribution < -0.4 is 5.73 Å². The van der Waals surface area contributed by atoms with E-state index in [2.05, 4.69) is 0 Å². The average molecular weight is 187 g/mol. The number of aromatic carboxylic acids is 1. The molecule has 0 spiro atoms. The third kappa shape index (κ3) is 1.44. The molecule has 3 nitrogen and oxygen atoms in total. The topological polar surface area (TPSA) is 63.3 Å². The molecule has 0 aliphatic rings. The fourth-order valence-corrected chi connectivity index (χ4v) is 0.915. The third-order valence-corrected chi connectivity index (χ3v) is 1.72. The van der Waals surface area contributed by atoms with Gasteiger partial charge >= 0.3 is 5.97 Å². The molecule has 3 N–H and O–H groups in total. The van der Waals surface area contributed by atoms with Crippen molar-refractivity contribution in [2.24, 2.45) is 0 Å². The Hall–Kier alpha value is -1.65. The first kappa shape index (κ1) is 9.44. The Labute approximate surface area is 72.8 Å². The Bertz CT molecular complexity index is 377. The number of carbonyl (C=O) groups is 1. The predicted molar refractivity (Wildman–Crippen MR) is 42.5 cm³/mol. The molecule has 0 heterocycles. The van der Waals surface area contributed by atoms with E-state index in [1.165, 1.54) is 6.92 Å². The lowest BCUT2D eigenvalue weighted by molar-refractivity contribution is 0.0697. The Morgan fingerprint density at radius 3 is 2.54 bits per heavy atom. The molecule has 0 aliphatic heterocycles. The number of nitrogens with two attached hydrogens (primary N) is 1. The SMILES string of the molecule is Cc1c(F)cc(C(=O)O)c(N)c1F. The number of anilines is 1. The lowest BCUT2D eigenvalue weighted by Crippen LogP contribution is -2.07. The Morgan fingerprint density at radius 1 is 1.54 bits per heavy atom. The minimum atomic E-state index is -1.45. The highest BCUT2D eigenvalue weighted by molar-refractivity contribution is 5.93. The molecular weight excluding hydrogens is 180 g/mol. The lowest BCUT2D eigenvalue weighted by Gasteiger charge is -2.05. The van der Waals surface area contributed by atoms with Gasteiger partial charge in [-0.15, -0.1) is 0 Å². The number of hydrogen-bond acceptors (Lipinski definition) is 2. The second kappa shape index (κ2) is 3.01. The molecular formula is C8H7F2NO2. The molecule has 1 aromatic carbocycles. The van der Waals surface area contributed by atoms with Crippen LogP contribution in [0.25, 0.3) is 0 Å². The summed E-state index contributed by atoms with van der Waals surface area (Å²) in [6.45, 7) is 1.19. The van der Waals surface area contributed by atoms with E-state index in [4.69, 9.17) is 10.8 Å². The van der Waals surface area contributed by atoms with E-state index >= 15 is 0 Å². The van der Waals surface area contributed by atoms with Crippen molar-refractivity contribution < 1.29 is 18.7 Å². The molecule has 0 saturated heterocycles. The fraction of sp³-hybridized carbons (Fsp3) is 0.125. The average Bonchev–Trinajstić information content (AvgIpc) is 2.07. The molecule has 0 fully saturated rings. The Morgan fingerprint density at radius 2 is 2.08 bits per heavy atom. The van der Waals surface area contributed by atoms with Crippen molar-refractivity contribution in [2.45, 2.75) is 6.92 Å². The molecule has 5 heteroatoms. The van der Waals surface area contributed by atoms with Crippen molar-refractivity contribution in [3.63, 3.8) is 0 Å². The van der Waals surface area contributed by atoms with E-state index in [-0.39, 0.29) is 5.56 Å². The van der Waals surface area contributed by atoms with Crippen LogP contribution in [0.1, 0.15) is 15.9 Å². The quantitative estimate of drug-likeness (QED) is 0.655. The first-order valence-electron chi connectivity index (χ1n) is 3.42. The van der Waals surface area contributed by atoms with Crippen molar-refractivity contribution >= 4 is 11.7 Å². The van der Waals surface area contributed by atoms with Crippen LogP contribution in [0.4, 0.5) is 14.5 Å². The van der Waals surface area contributed by atoms with Crippen LogP contribution in [-0.4, -0.2) is 11.1 Å². The molecule has 13 heavy (non-hydrogen) atoms. The summed E-state index contributed by atoms with van der Waals surface area (Å²) in [6, 6.07) is 0.704. The van der Waals surface area contributed by atoms with E-state index < -0.39 is 28.9 Å². The molecule has 1 rings (SSSR count). The normalized spacial score (nSPS) is 10.1. The van der Waals surface area contributed by atoms with Gasteiger partial charge in [-0.05, 0) is 13.0 Å². The van der Waals surface area contributed by atoms with Crippen molar-refractivity contribution in [3.05, 3.63) is 28.8 Å². The van der Waals surface area contributed by atoms with Crippen LogP contribution in [0, 0.1) is 18.6 Å². The summed E-state index contributed by atoms with van der Waals surface area (Å²) in [7, 11) is 0. The standard InChI is InChI=1S/C8H7F2NO2/c1-3-5(9)2-4(8(12)13)7(11)6(3)10/h2H,11H2,1H3,(H,12,13). The Balaban J connectivity index is 3.50. The molecule has 1 aromatic rings. The number of hydrogen-bond donors (Lipinski definition) is 2. The van der Waals surface area contributed by atoms with Crippen molar-refractivity contribution in [1.82, 2.24) is 0 Å². The number of carboxylic acids is 1. The maximum absolute atomic E-state index is 13.0. The maximum Gasteiger partial charge on any atom is 0.338 e. The van der Waals surface area contributed by atoms with Gasteiger partial charge in [0.15, 0.2) is 5.82 Å². The van der Waals surface area contributed by atoms with Crippen LogP contribution >= 0.6 is 0 Å². The van der Waals surface area contributed by atoms with E-state index in [1.807, 2.05) is 0 Å². The van der Waals surface area contributed by atoms with Crippen molar-refractivity contribution in [1.29, 1.82) is 0 Å². The number of carboxylic acid groups (broad SMARTS) is 1. The van der Waals surface area contributed by atoms with Gasteiger partial charge in [-0.25, -0.2) is 13.6 Å². The molecule has 0 bridgehead atoms. The van der Waals surface area contributed by atoms with Gasteiger partial charge in [0, 0.05) is 5.56 Å². The number of benzene rings is 1. The zero-order chi connectivity index (χ0) is 10.2. The van der Waals surface area contributed by atoms with E-state index in [0.717, 1.165) is 0 Å². The van der Waals surface area contributed by atoms with Gasteiger partial charge in [-0.2, -0.15) is 0 Å². The van der Waals surface area contributed by atoms with E-state index in [0.29, 0.717) is 6.07 Å². The minimum Gasteiger partial charge on any atom is -0.478 e. The second-order valence-corrected chi connectivity index (χ2v) is 2.56. The van der Waals surface area contributed by atoms with Crippen LogP contribution in [0.3, 0.4) is 0 Å². The highest BCUT2D eigenvalue weighted by atomic mass is 19.1. The summed E-state index contributed by atoms with van der Waals surface area (Å²) in [6.07, 6.45) is 0. The number of nitrogen functional groups attached to an aromatic ring is 1. The summed E-state index contributed by atoms with van der Waals surface area (Å²) in [4.78, 5) is 10.4. The first-order chi connectivity index (χ1) is 5.95. The highest BCUT2D eigenvalue weighted by Gasteiger charge is 2.17. The summed E-state index contributed by atoms with van der Waals surface area (Å²) in [5.74, 6) is -3.38. The lowest BCUT2D eigenvalue weighted by atomic mass is 10.1. The molecule has 0 unspecified atom stereocenters. The smallest absolute Gasteiger partial charge is 0.338 e. The molecule has 0 aliphatic carbocycles. The first-order valence-corrected chi connectivity index (χ1v) is 3.42. The van der Waals surface area contributed by atoms with Gasteiger partial charge in [-0.1, -0.05) is 0 Å². The Kier molecular flexibility index (Phi) is 2.18. The second-order valence-electron chi connectivity index (χ2n) is 2.56. The molecule has 0 saturated carbocycles. The summed E-state index contributed by atoms with van der Waals surface area (Å²) < 4.78 is 25.8. The van der Waals surface area contributed by atoms with Gasteiger partial charge in [-0.3, -0.25) is 0 Å². The zero-order valence-electron chi connectivity index (χ0n) is 6.77. The largest absolute Gasteiger partial charge is 0.478 e. The zero-order valence-corrected chi connectivity index (χ0v) is 6.77. The van der Waals surface area contributed by atoms with Gasteiger partial charge in [0.1, 0.15) is 5.82 Å². The van der Waals surface area contributed by atoms with Gasteiger partial charge in [0.25, 0.3) is 0 Å². The highest BCUT2D eigenvalue weighted by Crippen LogP contribution is 2.22. The molecule has 0 aromatic heterocycles. The predicted octanol–water partition coefficient (Wildman–Crippen LogP) is 1.55.